The molecule has 1 nitrogen and oxygen atoms in total. The van der Waals surface area contributed by atoms with Gasteiger partial charge in [0.15, 0.2) is 0 Å². The second kappa shape index (κ2) is 4.26. The maximum Gasteiger partial charge on any atom is 0.122 e. The maximum atomic E-state index is 5.50. The first-order valence-corrected chi connectivity index (χ1v) is 7.13. The molecule has 0 radical (unpaired) electrons. The quantitative estimate of drug-likeness (QED) is 0.712. The number of benzene rings is 2. The van der Waals surface area contributed by atoms with Gasteiger partial charge in [-0.3, -0.25) is 0 Å². The van der Waals surface area contributed by atoms with Crippen molar-refractivity contribution in [3.8, 4) is 5.75 Å². The number of hydrogen-bond donors (Lipinski definition) is 0. The topological polar surface area (TPSA) is 9.23 Å². The average Bonchev–Trinajstić information content (AvgIpc) is 2.37. The second-order valence-corrected chi connectivity index (χ2v) is 6.37. The molecule has 19 heavy (non-hydrogen) atoms. The van der Waals surface area contributed by atoms with E-state index in [4.69, 9.17) is 4.74 Å². The van der Waals surface area contributed by atoms with Crippen molar-refractivity contribution in [3.63, 3.8) is 0 Å². The monoisotopic (exact) mass is 254 g/mol. The summed E-state index contributed by atoms with van der Waals surface area (Å²) >= 11 is 0. The summed E-state index contributed by atoms with van der Waals surface area (Å²) in [5.74, 6) is 1.00. The van der Waals surface area contributed by atoms with Gasteiger partial charge >= 0.3 is 0 Å². The minimum Gasteiger partial charge on any atom is -0.496 e. The molecule has 0 amide bonds. The van der Waals surface area contributed by atoms with Gasteiger partial charge in [-0.25, -0.2) is 0 Å². The van der Waals surface area contributed by atoms with E-state index in [0.29, 0.717) is 5.41 Å². The lowest BCUT2D eigenvalue weighted by molar-refractivity contribution is 0.412. The van der Waals surface area contributed by atoms with Crippen LogP contribution in [0.1, 0.15) is 43.4 Å². The number of fused-ring (bicyclic) bond motifs is 3. The Hall–Kier alpha value is -1.50. The first-order chi connectivity index (χ1) is 9.03. The lowest BCUT2D eigenvalue weighted by Crippen LogP contribution is -2.23. The molecule has 1 aliphatic rings. The Morgan fingerprint density at radius 2 is 1.95 bits per heavy atom. The van der Waals surface area contributed by atoms with Gasteiger partial charge in [-0.05, 0) is 71.2 Å². The molecule has 0 heterocycles. The van der Waals surface area contributed by atoms with Crippen LogP contribution in [0.2, 0.25) is 0 Å². The van der Waals surface area contributed by atoms with Gasteiger partial charge < -0.3 is 4.74 Å². The molecule has 3 rings (SSSR count). The Morgan fingerprint density at radius 1 is 1.16 bits per heavy atom. The van der Waals surface area contributed by atoms with Crippen molar-refractivity contribution in [1.82, 2.24) is 0 Å². The average molecular weight is 254 g/mol. The minimum atomic E-state index is 0.305. The first-order valence-electron chi connectivity index (χ1n) is 7.13. The van der Waals surface area contributed by atoms with Gasteiger partial charge in [0.25, 0.3) is 0 Å². The van der Waals surface area contributed by atoms with Gasteiger partial charge in [0.1, 0.15) is 5.75 Å². The minimum absolute atomic E-state index is 0.305. The van der Waals surface area contributed by atoms with Gasteiger partial charge in [0.05, 0.1) is 7.11 Å². The van der Waals surface area contributed by atoms with Crippen molar-refractivity contribution in [2.75, 3.05) is 7.11 Å². The Balaban J connectivity index is 2.32. The molecule has 2 aromatic rings. The van der Waals surface area contributed by atoms with E-state index in [1.807, 2.05) is 0 Å². The van der Waals surface area contributed by atoms with Crippen molar-refractivity contribution in [3.05, 3.63) is 41.0 Å². The normalized spacial score (nSPS) is 17.3. The largest absolute Gasteiger partial charge is 0.496 e. The molecule has 1 aliphatic carbocycles. The summed E-state index contributed by atoms with van der Waals surface area (Å²) in [4.78, 5) is 0. The fraction of sp³-hybridized carbons (Fsp3) is 0.444. The molecule has 0 unspecified atom stereocenters. The number of methoxy groups -OCH3 is 1. The van der Waals surface area contributed by atoms with Crippen LogP contribution in [0.5, 0.6) is 5.75 Å². The number of ether oxygens (including phenoxy) is 1. The highest BCUT2D eigenvalue weighted by Crippen LogP contribution is 2.41. The van der Waals surface area contributed by atoms with Crippen molar-refractivity contribution >= 4 is 10.8 Å². The molecule has 0 atom stereocenters. The third kappa shape index (κ3) is 1.92. The highest BCUT2D eigenvalue weighted by Gasteiger charge is 2.28. The van der Waals surface area contributed by atoms with Crippen molar-refractivity contribution in [2.45, 2.75) is 45.4 Å². The molecule has 0 bridgehead atoms. The number of hydrogen-bond acceptors (Lipinski definition) is 1. The third-order valence-electron chi connectivity index (χ3n) is 4.60. The van der Waals surface area contributed by atoms with E-state index in [1.54, 1.807) is 7.11 Å². The fourth-order valence-corrected chi connectivity index (χ4v) is 3.49. The highest BCUT2D eigenvalue weighted by atomic mass is 16.5. The van der Waals surface area contributed by atoms with Gasteiger partial charge in [0.2, 0.25) is 0 Å². The lowest BCUT2D eigenvalue weighted by Gasteiger charge is -2.33. The van der Waals surface area contributed by atoms with Gasteiger partial charge in [-0.15, -0.1) is 0 Å². The van der Waals surface area contributed by atoms with Gasteiger partial charge in [0, 0.05) is 0 Å². The lowest BCUT2D eigenvalue weighted by atomic mass is 9.71. The van der Waals surface area contributed by atoms with Crippen LogP contribution in [0.25, 0.3) is 10.8 Å². The van der Waals surface area contributed by atoms with E-state index < -0.39 is 0 Å². The second-order valence-electron chi connectivity index (χ2n) is 6.37. The van der Waals surface area contributed by atoms with Crippen molar-refractivity contribution < 1.29 is 4.74 Å². The predicted octanol–water partition coefficient (Wildman–Crippen LogP) is 4.77. The van der Waals surface area contributed by atoms with Crippen LogP contribution in [0.3, 0.4) is 0 Å². The van der Waals surface area contributed by atoms with Crippen LogP contribution in [0.4, 0.5) is 0 Å². The van der Waals surface area contributed by atoms with Crippen LogP contribution < -0.4 is 4.74 Å². The Bertz CT molecular complexity index is 638. The Kier molecular flexibility index (Phi) is 2.81. The van der Waals surface area contributed by atoms with Crippen LogP contribution in [-0.2, 0) is 11.8 Å². The smallest absolute Gasteiger partial charge is 0.122 e. The zero-order chi connectivity index (χ0) is 13.6. The summed E-state index contributed by atoms with van der Waals surface area (Å²) in [5.41, 5.74) is 4.58. The Morgan fingerprint density at radius 3 is 2.68 bits per heavy atom. The van der Waals surface area contributed by atoms with E-state index in [1.165, 1.54) is 46.7 Å². The molecule has 0 fully saturated rings. The molecule has 0 spiro atoms. The summed E-state index contributed by atoms with van der Waals surface area (Å²) in [6, 6.07) is 9.08. The molecule has 2 aromatic carbocycles. The van der Waals surface area contributed by atoms with Crippen molar-refractivity contribution in [1.29, 1.82) is 0 Å². The van der Waals surface area contributed by atoms with E-state index in [-0.39, 0.29) is 0 Å². The van der Waals surface area contributed by atoms with E-state index in [9.17, 15) is 0 Å². The molecule has 0 aliphatic heterocycles. The maximum absolute atomic E-state index is 5.50. The summed E-state index contributed by atoms with van der Waals surface area (Å²) in [5, 5.41) is 2.72. The molecule has 0 aromatic heterocycles. The zero-order valence-corrected chi connectivity index (χ0v) is 12.3. The predicted molar refractivity (Wildman–Crippen MR) is 81.2 cm³/mol. The summed E-state index contributed by atoms with van der Waals surface area (Å²) in [6.07, 6.45) is 3.77. The van der Waals surface area contributed by atoms with Crippen LogP contribution >= 0.6 is 0 Å². The van der Waals surface area contributed by atoms with Gasteiger partial charge in [-0.1, -0.05) is 26.0 Å². The number of aryl methyl sites for hydroxylation is 2. The molecule has 0 N–H and O–H groups in total. The zero-order valence-electron chi connectivity index (χ0n) is 12.3. The summed E-state index contributed by atoms with van der Waals surface area (Å²) < 4.78 is 5.50. The standard InChI is InChI=1S/C18H22O/c1-12-10-13-7-8-16-14(6-5-9-18(16,2)3)15(13)11-17(12)19-4/h7-8,10-11H,5-6,9H2,1-4H3. The fourth-order valence-electron chi connectivity index (χ4n) is 3.49. The van der Waals surface area contributed by atoms with Crippen LogP contribution in [0, 0.1) is 6.92 Å². The Labute approximate surface area is 115 Å². The number of rotatable bonds is 1. The van der Waals surface area contributed by atoms with Crippen LogP contribution in [-0.4, -0.2) is 7.11 Å². The summed E-state index contributed by atoms with van der Waals surface area (Å²) in [7, 11) is 1.76. The van der Waals surface area contributed by atoms with Gasteiger partial charge in [-0.2, -0.15) is 0 Å². The SMILES string of the molecule is COc1cc2c3c(ccc2cc1C)C(C)(C)CCC3. The highest BCUT2D eigenvalue weighted by molar-refractivity contribution is 5.89. The molecule has 0 saturated carbocycles. The van der Waals surface area contributed by atoms with Crippen molar-refractivity contribution in [2.24, 2.45) is 0 Å². The van der Waals surface area contributed by atoms with E-state index in [0.717, 1.165) is 5.75 Å². The third-order valence-corrected chi connectivity index (χ3v) is 4.60. The first kappa shape index (κ1) is 12.5. The molecular formula is C18H22O. The van der Waals surface area contributed by atoms with Crippen LogP contribution in [0.15, 0.2) is 24.3 Å². The van der Waals surface area contributed by atoms with E-state index >= 15 is 0 Å². The molecule has 0 saturated heterocycles. The molecular weight excluding hydrogens is 232 g/mol. The molecule has 1 heteroatoms. The van der Waals surface area contributed by atoms with E-state index in [2.05, 4.69) is 45.0 Å². The molecule has 100 valence electrons. The summed E-state index contributed by atoms with van der Waals surface area (Å²) in [6.45, 7) is 6.84.